The van der Waals surface area contributed by atoms with Gasteiger partial charge in [-0.25, -0.2) is 0 Å². The van der Waals surface area contributed by atoms with Crippen molar-refractivity contribution >= 4 is 11.8 Å². The maximum Gasteiger partial charge on any atom is 0.246 e. The summed E-state index contributed by atoms with van der Waals surface area (Å²) in [6.45, 7) is 4.32. The molecule has 6 nitrogen and oxygen atoms in total. The van der Waals surface area contributed by atoms with Gasteiger partial charge in [-0.15, -0.1) is 0 Å². The van der Waals surface area contributed by atoms with Crippen molar-refractivity contribution in [2.75, 3.05) is 32.8 Å². The topological polar surface area (TPSA) is 79.5 Å². The van der Waals surface area contributed by atoms with E-state index in [2.05, 4.69) is 16.0 Å². The van der Waals surface area contributed by atoms with Gasteiger partial charge in [-0.05, 0) is 32.9 Å². The van der Waals surface area contributed by atoms with Crippen molar-refractivity contribution in [2.45, 2.75) is 25.9 Å². The Balaban J connectivity index is 2.06. The largest absolute Gasteiger partial charge is 0.368 e. The Morgan fingerprint density at radius 2 is 1.94 bits per heavy atom. The molecule has 1 aliphatic rings. The molecule has 0 aliphatic carbocycles. The number of carbonyl (C=O) groups excluding carboxylic acids is 2. The number of rotatable bonds is 6. The summed E-state index contributed by atoms with van der Waals surface area (Å²) in [6, 6.07) is 0. The van der Waals surface area contributed by atoms with Gasteiger partial charge in [-0.2, -0.15) is 0 Å². The first-order valence-electron chi connectivity index (χ1n) is 6.08. The van der Waals surface area contributed by atoms with Crippen LogP contribution in [0.1, 0.15) is 19.8 Å². The van der Waals surface area contributed by atoms with Crippen LogP contribution in [-0.2, 0) is 14.3 Å². The second-order valence-electron chi connectivity index (χ2n) is 3.99. The zero-order valence-electron chi connectivity index (χ0n) is 10.3. The van der Waals surface area contributed by atoms with E-state index in [0.717, 1.165) is 25.9 Å². The Labute approximate surface area is 101 Å². The number of ether oxygens (including phenoxy) is 1. The molecule has 0 spiro atoms. The van der Waals surface area contributed by atoms with Gasteiger partial charge in [0.15, 0.2) is 0 Å². The van der Waals surface area contributed by atoms with E-state index in [1.54, 1.807) is 0 Å². The van der Waals surface area contributed by atoms with Crippen LogP contribution in [0.15, 0.2) is 0 Å². The van der Waals surface area contributed by atoms with Crippen molar-refractivity contribution in [1.82, 2.24) is 16.0 Å². The molecule has 0 radical (unpaired) electrons. The summed E-state index contributed by atoms with van der Waals surface area (Å²) in [4.78, 5) is 22.4. The van der Waals surface area contributed by atoms with Gasteiger partial charge < -0.3 is 20.7 Å². The third-order valence-corrected chi connectivity index (χ3v) is 2.56. The molecule has 1 heterocycles. The molecule has 98 valence electrons. The van der Waals surface area contributed by atoms with Gasteiger partial charge in [0.25, 0.3) is 0 Å². The number of piperidine rings is 1. The first kappa shape index (κ1) is 13.9. The van der Waals surface area contributed by atoms with E-state index in [1.807, 2.05) is 6.92 Å². The van der Waals surface area contributed by atoms with Crippen LogP contribution in [-0.4, -0.2) is 50.7 Å². The lowest BCUT2D eigenvalue weighted by Crippen LogP contribution is -2.40. The van der Waals surface area contributed by atoms with Crippen LogP contribution in [0.5, 0.6) is 0 Å². The molecule has 1 fully saturated rings. The fourth-order valence-corrected chi connectivity index (χ4v) is 1.65. The van der Waals surface area contributed by atoms with Crippen LogP contribution in [0.25, 0.3) is 0 Å². The quantitative estimate of drug-likeness (QED) is 0.559. The number of carbonyl (C=O) groups is 2. The highest BCUT2D eigenvalue weighted by molar-refractivity contribution is 5.85. The van der Waals surface area contributed by atoms with E-state index >= 15 is 0 Å². The maximum absolute atomic E-state index is 11.4. The molecule has 0 aromatic heterocycles. The Morgan fingerprint density at radius 1 is 1.24 bits per heavy atom. The van der Waals surface area contributed by atoms with E-state index < -0.39 is 0 Å². The Hall–Kier alpha value is -1.14. The second-order valence-corrected chi connectivity index (χ2v) is 3.99. The standard InChI is InChI=1S/C11H21N3O3/c1-2-13-10(15)7-14-11(16)8-17-9-3-5-12-6-4-9/h9,12H,2-8H2,1H3,(H,13,15)(H,14,16). The normalized spacial score (nSPS) is 16.5. The predicted molar refractivity (Wildman–Crippen MR) is 63.5 cm³/mol. The molecule has 1 aliphatic heterocycles. The van der Waals surface area contributed by atoms with Crippen LogP contribution in [0.2, 0.25) is 0 Å². The molecule has 0 aromatic carbocycles. The molecule has 1 rings (SSSR count). The summed E-state index contributed by atoms with van der Waals surface area (Å²) < 4.78 is 5.45. The Bertz CT molecular complexity index is 252. The maximum atomic E-state index is 11.4. The van der Waals surface area contributed by atoms with Crippen molar-refractivity contribution in [2.24, 2.45) is 0 Å². The molecule has 1 saturated heterocycles. The lowest BCUT2D eigenvalue weighted by Gasteiger charge is -2.22. The van der Waals surface area contributed by atoms with Crippen molar-refractivity contribution in [3.8, 4) is 0 Å². The molecule has 0 unspecified atom stereocenters. The third kappa shape index (κ3) is 6.23. The van der Waals surface area contributed by atoms with E-state index in [9.17, 15) is 9.59 Å². The van der Waals surface area contributed by atoms with Crippen molar-refractivity contribution < 1.29 is 14.3 Å². The highest BCUT2D eigenvalue weighted by Crippen LogP contribution is 2.06. The van der Waals surface area contributed by atoms with Gasteiger partial charge in [0.05, 0.1) is 12.6 Å². The van der Waals surface area contributed by atoms with E-state index in [0.29, 0.717) is 6.54 Å². The third-order valence-electron chi connectivity index (χ3n) is 2.56. The number of likely N-dealkylation sites (N-methyl/N-ethyl adjacent to an activating group) is 1. The van der Waals surface area contributed by atoms with Gasteiger partial charge in [0.1, 0.15) is 6.61 Å². The highest BCUT2D eigenvalue weighted by Gasteiger charge is 2.14. The molecule has 0 saturated carbocycles. The van der Waals surface area contributed by atoms with Gasteiger partial charge in [0, 0.05) is 6.54 Å². The SMILES string of the molecule is CCNC(=O)CNC(=O)COC1CCNCC1. The number of nitrogens with one attached hydrogen (secondary N) is 3. The lowest BCUT2D eigenvalue weighted by atomic mass is 10.1. The van der Waals surface area contributed by atoms with Gasteiger partial charge in [0.2, 0.25) is 11.8 Å². The first-order valence-corrected chi connectivity index (χ1v) is 6.08. The minimum absolute atomic E-state index is 0.0161. The van der Waals surface area contributed by atoms with Gasteiger partial charge >= 0.3 is 0 Å². The van der Waals surface area contributed by atoms with Crippen LogP contribution >= 0.6 is 0 Å². The fourth-order valence-electron chi connectivity index (χ4n) is 1.65. The van der Waals surface area contributed by atoms with Crippen LogP contribution in [0, 0.1) is 0 Å². The van der Waals surface area contributed by atoms with Crippen molar-refractivity contribution in [3.05, 3.63) is 0 Å². The summed E-state index contributed by atoms with van der Waals surface area (Å²) in [7, 11) is 0. The van der Waals surface area contributed by atoms with Crippen molar-refractivity contribution in [1.29, 1.82) is 0 Å². The fraction of sp³-hybridized carbons (Fsp3) is 0.818. The molecule has 17 heavy (non-hydrogen) atoms. The monoisotopic (exact) mass is 243 g/mol. The Kier molecular flexibility index (Phi) is 6.57. The van der Waals surface area contributed by atoms with Crippen LogP contribution < -0.4 is 16.0 Å². The van der Waals surface area contributed by atoms with Gasteiger partial charge in [-0.1, -0.05) is 0 Å². The average Bonchev–Trinajstić information content (AvgIpc) is 2.35. The summed E-state index contributed by atoms with van der Waals surface area (Å²) in [6.07, 6.45) is 2.03. The number of hydrogen-bond acceptors (Lipinski definition) is 4. The van der Waals surface area contributed by atoms with E-state index in [-0.39, 0.29) is 31.1 Å². The summed E-state index contributed by atoms with van der Waals surface area (Å²) in [5, 5.41) is 8.34. The summed E-state index contributed by atoms with van der Waals surface area (Å²) in [5.74, 6) is -0.419. The molecule has 0 aromatic rings. The zero-order chi connectivity index (χ0) is 12.5. The predicted octanol–water partition coefficient (Wildman–Crippen LogP) is -0.993. The molecule has 2 amide bonds. The average molecular weight is 243 g/mol. The lowest BCUT2D eigenvalue weighted by molar-refractivity contribution is -0.130. The van der Waals surface area contributed by atoms with E-state index in [1.165, 1.54) is 0 Å². The second kappa shape index (κ2) is 8.03. The molecular formula is C11H21N3O3. The van der Waals surface area contributed by atoms with Crippen LogP contribution in [0.4, 0.5) is 0 Å². The Morgan fingerprint density at radius 3 is 2.59 bits per heavy atom. The smallest absolute Gasteiger partial charge is 0.246 e. The molecule has 0 bridgehead atoms. The van der Waals surface area contributed by atoms with Crippen molar-refractivity contribution in [3.63, 3.8) is 0 Å². The minimum Gasteiger partial charge on any atom is -0.368 e. The van der Waals surface area contributed by atoms with Crippen LogP contribution in [0.3, 0.4) is 0 Å². The van der Waals surface area contributed by atoms with E-state index in [4.69, 9.17) is 4.74 Å². The zero-order valence-corrected chi connectivity index (χ0v) is 10.3. The van der Waals surface area contributed by atoms with Gasteiger partial charge in [-0.3, -0.25) is 9.59 Å². The number of hydrogen-bond donors (Lipinski definition) is 3. The first-order chi connectivity index (χ1) is 8.22. The minimum atomic E-state index is -0.241. The molecule has 0 atom stereocenters. The summed E-state index contributed by atoms with van der Waals surface area (Å²) in [5.41, 5.74) is 0. The number of amides is 2. The highest BCUT2D eigenvalue weighted by atomic mass is 16.5. The molecule has 3 N–H and O–H groups in total. The molecular weight excluding hydrogens is 222 g/mol. The summed E-state index contributed by atoms with van der Waals surface area (Å²) >= 11 is 0. The molecule has 6 heteroatoms.